The highest BCUT2D eigenvalue weighted by molar-refractivity contribution is 5.30. The summed E-state index contributed by atoms with van der Waals surface area (Å²) in [5, 5.41) is 18.1. The van der Waals surface area contributed by atoms with Gasteiger partial charge in [0.2, 0.25) is 0 Å². The van der Waals surface area contributed by atoms with E-state index in [4.69, 9.17) is 9.84 Å². The van der Waals surface area contributed by atoms with E-state index in [1.54, 1.807) is 0 Å². The highest BCUT2D eigenvalue weighted by Gasteiger charge is 2.51. The molecule has 4 aliphatic carbocycles. The minimum absolute atomic E-state index is 0.0585. The number of benzene rings is 1. The van der Waals surface area contributed by atoms with E-state index in [2.05, 4.69) is 31.2 Å². The molecule has 226 valence electrons. The number of hydrogen-bond donors (Lipinski definition) is 0. The summed E-state index contributed by atoms with van der Waals surface area (Å²) in [6.45, 7) is 3.94. The van der Waals surface area contributed by atoms with Gasteiger partial charge in [0.25, 0.3) is 0 Å². The molecule has 2 bridgehead atoms. The minimum Gasteiger partial charge on any atom is -0.486 e. The lowest BCUT2D eigenvalue weighted by atomic mass is 9.52. The smallest absolute Gasteiger partial charge is 0.416 e. The third kappa shape index (κ3) is 5.22. The molecule has 4 saturated carbocycles. The molecular formula is C31H40F3N7O. The number of aromatic nitrogens is 6. The van der Waals surface area contributed by atoms with Crippen LogP contribution in [-0.2, 0) is 25.2 Å². The van der Waals surface area contributed by atoms with Gasteiger partial charge in [-0.15, -0.1) is 15.3 Å². The molecular weight excluding hydrogens is 543 g/mol. The quantitative estimate of drug-likeness (QED) is 0.314. The molecule has 8 rings (SSSR count). The second-order valence-corrected chi connectivity index (χ2v) is 13.3. The fraction of sp³-hybridized carbons (Fsp3) is 0.677. The molecule has 1 aromatic carbocycles. The molecule has 0 unspecified atom stereocenters. The zero-order valence-electron chi connectivity index (χ0n) is 24.3. The molecule has 0 N–H and O–H groups in total. The number of ether oxygens (including phenoxy) is 1. The maximum Gasteiger partial charge on any atom is 0.416 e. The first-order valence-corrected chi connectivity index (χ1v) is 15.6. The van der Waals surface area contributed by atoms with Crippen LogP contribution in [0.3, 0.4) is 0 Å². The Hall–Kier alpha value is -2.95. The number of halogens is 3. The van der Waals surface area contributed by atoms with E-state index >= 15 is 0 Å². The molecule has 0 radical (unpaired) electrons. The molecule has 8 nitrogen and oxygen atoms in total. The molecule has 5 fully saturated rings. The molecule has 11 heteroatoms. The van der Waals surface area contributed by atoms with Crippen LogP contribution in [-0.4, -0.2) is 54.3 Å². The van der Waals surface area contributed by atoms with E-state index in [1.165, 1.54) is 82.4 Å². The maximum atomic E-state index is 13.0. The Kier molecular flexibility index (Phi) is 7.06. The van der Waals surface area contributed by atoms with Gasteiger partial charge in [-0.2, -0.15) is 13.2 Å². The first-order chi connectivity index (χ1) is 20.2. The Morgan fingerprint density at radius 2 is 1.69 bits per heavy atom. The standard InChI is InChI=1S/C31H40F3N7O/c1-39-27(20-42-25-5-2-4-23(18-25)31(32,33)34)36-37-28(39)22-6-8-24(9-7-22)41-19-26(35-38-41)30-13-10-29(11-14-30,12-15-30)21-40-16-3-17-40/h2,4-5,18-19,22,24H,3,6-17,20-21H2,1H3. The minimum atomic E-state index is -4.41. The summed E-state index contributed by atoms with van der Waals surface area (Å²) in [6.07, 6.45) is 10.9. The van der Waals surface area contributed by atoms with Crippen LogP contribution in [0.2, 0.25) is 0 Å². The van der Waals surface area contributed by atoms with Crippen molar-refractivity contribution >= 4 is 0 Å². The lowest BCUT2D eigenvalue weighted by Gasteiger charge is -2.55. The Labute approximate surface area is 244 Å². The maximum absolute atomic E-state index is 13.0. The molecule has 42 heavy (non-hydrogen) atoms. The number of hydrogen-bond acceptors (Lipinski definition) is 6. The molecule has 1 saturated heterocycles. The van der Waals surface area contributed by atoms with E-state index in [0.717, 1.165) is 43.6 Å². The molecule has 5 aliphatic rings. The van der Waals surface area contributed by atoms with Crippen LogP contribution in [0, 0.1) is 5.41 Å². The van der Waals surface area contributed by atoms with Crippen LogP contribution in [0.4, 0.5) is 13.2 Å². The normalized spacial score (nSPS) is 29.9. The molecule has 0 spiro atoms. The Bertz CT molecular complexity index is 1380. The van der Waals surface area contributed by atoms with Crippen molar-refractivity contribution < 1.29 is 17.9 Å². The Morgan fingerprint density at radius 3 is 2.36 bits per heavy atom. The second kappa shape index (κ2) is 10.6. The molecule has 3 aromatic rings. The number of rotatable bonds is 8. The molecule has 0 amide bonds. The molecule has 0 atom stereocenters. The van der Waals surface area contributed by atoms with Crippen LogP contribution in [0.1, 0.15) is 105 Å². The van der Waals surface area contributed by atoms with Gasteiger partial charge in [0.1, 0.15) is 18.2 Å². The molecule has 3 heterocycles. The summed E-state index contributed by atoms with van der Waals surface area (Å²) in [7, 11) is 1.90. The predicted molar refractivity (Wildman–Crippen MR) is 150 cm³/mol. The number of alkyl halides is 3. The average molecular weight is 584 g/mol. The third-order valence-electron chi connectivity index (χ3n) is 10.9. The Balaban J connectivity index is 0.937. The van der Waals surface area contributed by atoms with Gasteiger partial charge >= 0.3 is 6.18 Å². The summed E-state index contributed by atoms with van der Waals surface area (Å²) < 4.78 is 48.8. The van der Waals surface area contributed by atoms with Gasteiger partial charge in [-0.05, 0) is 107 Å². The monoisotopic (exact) mass is 583 g/mol. The zero-order chi connectivity index (χ0) is 29.0. The average Bonchev–Trinajstić information content (AvgIpc) is 3.63. The first-order valence-electron chi connectivity index (χ1n) is 15.6. The summed E-state index contributed by atoms with van der Waals surface area (Å²) >= 11 is 0. The van der Waals surface area contributed by atoms with Crippen LogP contribution in [0.5, 0.6) is 5.75 Å². The summed E-state index contributed by atoms with van der Waals surface area (Å²) in [5.74, 6) is 1.94. The van der Waals surface area contributed by atoms with Crippen molar-refractivity contribution in [2.75, 3.05) is 19.6 Å². The van der Waals surface area contributed by atoms with Crippen LogP contribution in [0.25, 0.3) is 0 Å². The summed E-state index contributed by atoms with van der Waals surface area (Å²) in [5.41, 5.74) is 1.24. The van der Waals surface area contributed by atoms with Crippen molar-refractivity contribution in [3.8, 4) is 5.75 Å². The van der Waals surface area contributed by atoms with Gasteiger partial charge in [0.15, 0.2) is 5.82 Å². The van der Waals surface area contributed by atoms with Crippen molar-refractivity contribution in [2.45, 2.75) is 101 Å². The fourth-order valence-electron chi connectivity index (χ4n) is 7.96. The van der Waals surface area contributed by atoms with E-state index in [1.807, 2.05) is 11.6 Å². The van der Waals surface area contributed by atoms with Crippen molar-refractivity contribution in [1.82, 2.24) is 34.7 Å². The van der Waals surface area contributed by atoms with Crippen LogP contribution < -0.4 is 4.74 Å². The van der Waals surface area contributed by atoms with E-state index in [-0.39, 0.29) is 23.7 Å². The van der Waals surface area contributed by atoms with Gasteiger partial charge in [-0.1, -0.05) is 11.3 Å². The summed E-state index contributed by atoms with van der Waals surface area (Å²) in [4.78, 5) is 2.65. The zero-order valence-corrected chi connectivity index (χ0v) is 24.3. The van der Waals surface area contributed by atoms with Crippen molar-refractivity contribution in [3.63, 3.8) is 0 Å². The SMILES string of the molecule is Cn1c(COc2cccc(C(F)(F)F)c2)nnc1C1CCC(n2cc(C34CCC(CN5CCC5)(CC3)CC4)nn2)CC1. The van der Waals surface area contributed by atoms with E-state index < -0.39 is 11.7 Å². The first kappa shape index (κ1) is 27.9. The van der Waals surface area contributed by atoms with Crippen molar-refractivity contribution in [1.29, 1.82) is 0 Å². The van der Waals surface area contributed by atoms with Gasteiger partial charge in [-0.3, -0.25) is 0 Å². The lowest BCUT2D eigenvalue weighted by molar-refractivity contribution is -0.137. The highest BCUT2D eigenvalue weighted by Crippen LogP contribution is 2.58. The summed E-state index contributed by atoms with van der Waals surface area (Å²) in [6, 6.07) is 5.26. The second-order valence-electron chi connectivity index (χ2n) is 13.3. The van der Waals surface area contributed by atoms with Gasteiger partial charge in [0.05, 0.1) is 17.3 Å². The lowest BCUT2D eigenvalue weighted by Crippen LogP contribution is -2.52. The fourth-order valence-corrected chi connectivity index (χ4v) is 7.96. The van der Waals surface area contributed by atoms with Crippen molar-refractivity contribution in [2.24, 2.45) is 12.5 Å². The van der Waals surface area contributed by atoms with Crippen LogP contribution >= 0.6 is 0 Å². The number of nitrogens with zero attached hydrogens (tertiary/aromatic N) is 7. The number of fused-ring (bicyclic) bond motifs is 3. The largest absolute Gasteiger partial charge is 0.486 e. The predicted octanol–water partition coefficient (Wildman–Crippen LogP) is 6.20. The van der Waals surface area contributed by atoms with Crippen molar-refractivity contribution in [3.05, 3.63) is 53.4 Å². The van der Waals surface area contributed by atoms with E-state index in [9.17, 15) is 13.2 Å². The topological polar surface area (TPSA) is 73.9 Å². The highest BCUT2D eigenvalue weighted by atomic mass is 19.4. The molecule has 1 aliphatic heterocycles. The van der Waals surface area contributed by atoms with Gasteiger partial charge in [0, 0.05) is 31.1 Å². The molecule has 2 aromatic heterocycles. The third-order valence-corrected chi connectivity index (χ3v) is 10.9. The van der Waals surface area contributed by atoms with Crippen LogP contribution in [0.15, 0.2) is 30.5 Å². The number of likely N-dealkylation sites (tertiary alicyclic amines) is 1. The van der Waals surface area contributed by atoms with Gasteiger partial charge in [-0.25, -0.2) is 4.68 Å². The Morgan fingerprint density at radius 1 is 0.952 bits per heavy atom. The van der Waals surface area contributed by atoms with E-state index in [0.29, 0.717) is 17.3 Å². The van der Waals surface area contributed by atoms with Gasteiger partial charge < -0.3 is 14.2 Å².